The number of thioether (sulfide) groups is 1. The SMILES string of the molecule is C[C@H]1[C@H](n2c(SCC(=O)N3CCOCC3)nc3ccccc3c2=O)CCC[C@@H]1C. The Balaban J connectivity index is 1.67. The first-order chi connectivity index (χ1) is 14.1. The summed E-state index contributed by atoms with van der Waals surface area (Å²) < 4.78 is 7.23. The number of hydrogen-bond donors (Lipinski definition) is 0. The van der Waals surface area contributed by atoms with Crippen LogP contribution in [0.25, 0.3) is 10.9 Å². The Morgan fingerprint density at radius 1 is 1.21 bits per heavy atom. The molecule has 2 fully saturated rings. The highest BCUT2D eigenvalue weighted by Crippen LogP contribution is 2.38. The highest BCUT2D eigenvalue weighted by Gasteiger charge is 2.31. The molecule has 0 unspecified atom stereocenters. The van der Waals surface area contributed by atoms with Crippen LogP contribution in [-0.4, -0.2) is 52.4 Å². The number of para-hydroxylation sites is 1. The lowest BCUT2D eigenvalue weighted by molar-refractivity contribution is -0.132. The van der Waals surface area contributed by atoms with E-state index in [4.69, 9.17) is 9.72 Å². The molecule has 4 rings (SSSR count). The van der Waals surface area contributed by atoms with Crippen LogP contribution in [0.15, 0.2) is 34.2 Å². The summed E-state index contributed by atoms with van der Waals surface area (Å²) in [5.41, 5.74) is 0.717. The first-order valence-electron chi connectivity index (χ1n) is 10.6. The van der Waals surface area contributed by atoms with Gasteiger partial charge in [-0.25, -0.2) is 4.98 Å². The summed E-state index contributed by atoms with van der Waals surface area (Å²) in [6.45, 7) is 6.96. The molecule has 7 heteroatoms. The summed E-state index contributed by atoms with van der Waals surface area (Å²) in [4.78, 5) is 32.8. The summed E-state index contributed by atoms with van der Waals surface area (Å²) in [7, 11) is 0. The van der Waals surface area contributed by atoms with Crippen molar-refractivity contribution in [3.05, 3.63) is 34.6 Å². The highest BCUT2D eigenvalue weighted by atomic mass is 32.2. The van der Waals surface area contributed by atoms with E-state index in [0.29, 0.717) is 60.0 Å². The molecule has 2 aliphatic rings. The average Bonchev–Trinajstić information content (AvgIpc) is 2.75. The number of amides is 1. The monoisotopic (exact) mass is 415 g/mol. The van der Waals surface area contributed by atoms with E-state index in [1.54, 1.807) is 0 Å². The van der Waals surface area contributed by atoms with Gasteiger partial charge in [-0.1, -0.05) is 50.6 Å². The van der Waals surface area contributed by atoms with Crippen LogP contribution in [0.3, 0.4) is 0 Å². The zero-order valence-corrected chi connectivity index (χ0v) is 18.0. The normalized spacial score (nSPS) is 25.3. The van der Waals surface area contributed by atoms with Gasteiger partial charge in [0.1, 0.15) is 0 Å². The summed E-state index contributed by atoms with van der Waals surface area (Å²) in [5.74, 6) is 1.34. The topological polar surface area (TPSA) is 64.4 Å². The first kappa shape index (κ1) is 20.4. The van der Waals surface area contributed by atoms with Crippen molar-refractivity contribution in [1.82, 2.24) is 14.5 Å². The van der Waals surface area contributed by atoms with Gasteiger partial charge in [-0.2, -0.15) is 0 Å². The van der Waals surface area contributed by atoms with Crippen molar-refractivity contribution in [2.45, 2.75) is 44.3 Å². The maximum atomic E-state index is 13.4. The summed E-state index contributed by atoms with van der Waals surface area (Å²) in [5, 5.41) is 1.32. The maximum absolute atomic E-state index is 13.4. The molecule has 1 amide bonds. The molecular formula is C22H29N3O3S. The van der Waals surface area contributed by atoms with E-state index in [2.05, 4.69) is 13.8 Å². The average molecular weight is 416 g/mol. The Bertz CT molecular complexity index is 939. The molecule has 1 aliphatic carbocycles. The summed E-state index contributed by atoms with van der Waals surface area (Å²) in [6.07, 6.45) is 3.30. The largest absolute Gasteiger partial charge is 0.378 e. The molecular weight excluding hydrogens is 386 g/mol. The molecule has 2 heterocycles. The van der Waals surface area contributed by atoms with Crippen LogP contribution in [0, 0.1) is 11.8 Å². The molecule has 1 aliphatic heterocycles. The van der Waals surface area contributed by atoms with Crippen LogP contribution in [0.1, 0.15) is 39.2 Å². The maximum Gasteiger partial charge on any atom is 0.262 e. The number of ether oxygens (including phenoxy) is 1. The fourth-order valence-corrected chi connectivity index (χ4v) is 5.42. The van der Waals surface area contributed by atoms with E-state index in [0.717, 1.165) is 12.8 Å². The molecule has 1 aromatic heterocycles. The van der Waals surface area contributed by atoms with Crippen molar-refractivity contribution in [2.24, 2.45) is 11.8 Å². The van der Waals surface area contributed by atoms with Gasteiger partial charge < -0.3 is 9.64 Å². The smallest absolute Gasteiger partial charge is 0.262 e. The third kappa shape index (κ3) is 4.21. The van der Waals surface area contributed by atoms with Crippen LogP contribution in [0.5, 0.6) is 0 Å². The molecule has 0 radical (unpaired) electrons. The molecule has 6 nitrogen and oxygen atoms in total. The molecule has 0 N–H and O–H groups in total. The van der Waals surface area contributed by atoms with Gasteiger partial charge >= 0.3 is 0 Å². The second-order valence-corrected chi connectivity index (χ2v) is 9.15. The molecule has 156 valence electrons. The number of carbonyl (C=O) groups is 1. The zero-order valence-electron chi connectivity index (χ0n) is 17.2. The molecule has 1 saturated heterocycles. The van der Waals surface area contributed by atoms with E-state index in [-0.39, 0.29) is 17.5 Å². The van der Waals surface area contributed by atoms with Crippen molar-refractivity contribution in [1.29, 1.82) is 0 Å². The molecule has 1 aromatic carbocycles. The predicted octanol–water partition coefficient (Wildman–Crippen LogP) is 3.34. The molecule has 1 saturated carbocycles. The number of nitrogens with zero attached hydrogens (tertiary/aromatic N) is 3. The number of hydrogen-bond acceptors (Lipinski definition) is 5. The van der Waals surface area contributed by atoms with Gasteiger partial charge in [0, 0.05) is 19.1 Å². The summed E-state index contributed by atoms with van der Waals surface area (Å²) in [6, 6.07) is 7.65. The number of benzene rings is 1. The lowest BCUT2D eigenvalue weighted by Gasteiger charge is -2.36. The van der Waals surface area contributed by atoms with Crippen LogP contribution < -0.4 is 5.56 Å². The van der Waals surface area contributed by atoms with Crippen LogP contribution in [0.4, 0.5) is 0 Å². The van der Waals surface area contributed by atoms with Gasteiger partial charge in [0.05, 0.1) is 29.9 Å². The van der Waals surface area contributed by atoms with Gasteiger partial charge in [-0.3, -0.25) is 14.2 Å². The van der Waals surface area contributed by atoms with Crippen molar-refractivity contribution >= 4 is 28.6 Å². The van der Waals surface area contributed by atoms with Crippen LogP contribution >= 0.6 is 11.8 Å². The minimum Gasteiger partial charge on any atom is -0.378 e. The van der Waals surface area contributed by atoms with E-state index < -0.39 is 0 Å². The molecule has 0 bridgehead atoms. The third-order valence-electron chi connectivity index (χ3n) is 6.46. The number of fused-ring (bicyclic) bond motifs is 1. The minimum atomic E-state index is 0.0165. The second-order valence-electron chi connectivity index (χ2n) is 8.20. The zero-order chi connectivity index (χ0) is 20.4. The van der Waals surface area contributed by atoms with Gasteiger partial charge in [0.2, 0.25) is 5.91 Å². The lowest BCUT2D eigenvalue weighted by Crippen LogP contribution is -2.41. The van der Waals surface area contributed by atoms with Crippen molar-refractivity contribution in [3.63, 3.8) is 0 Å². The van der Waals surface area contributed by atoms with Crippen LogP contribution in [-0.2, 0) is 9.53 Å². The van der Waals surface area contributed by atoms with E-state index in [9.17, 15) is 9.59 Å². The van der Waals surface area contributed by atoms with Gasteiger partial charge in [-0.15, -0.1) is 0 Å². The Labute approximate surface area is 175 Å². The lowest BCUT2D eigenvalue weighted by atomic mass is 9.78. The molecule has 3 atom stereocenters. The molecule has 2 aromatic rings. The second kappa shape index (κ2) is 8.88. The van der Waals surface area contributed by atoms with Crippen LogP contribution in [0.2, 0.25) is 0 Å². The van der Waals surface area contributed by atoms with Crippen molar-refractivity contribution in [3.8, 4) is 0 Å². The van der Waals surface area contributed by atoms with Gasteiger partial charge in [-0.05, 0) is 30.4 Å². The standard InChI is InChI=1S/C22H29N3O3S/c1-15-6-5-9-19(16(15)2)25-21(27)17-7-3-4-8-18(17)23-22(25)29-14-20(26)24-10-12-28-13-11-24/h3-4,7-8,15-16,19H,5-6,9-14H2,1-2H3/t15-,16+,19+/m0/s1. The Morgan fingerprint density at radius 3 is 2.76 bits per heavy atom. The number of morpholine rings is 1. The van der Waals surface area contributed by atoms with E-state index >= 15 is 0 Å². The van der Waals surface area contributed by atoms with Gasteiger partial charge in [0.25, 0.3) is 5.56 Å². The van der Waals surface area contributed by atoms with Crippen molar-refractivity contribution < 1.29 is 9.53 Å². The number of rotatable bonds is 4. The number of carbonyl (C=O) groups excluding carboxylic acids is 1. The predicted molar refractivity (Wildman–Crippen MR) is 115 cm³/mol. The molecule has 29 heavy (non-hydrogen) atoms. The minimum absolute atomic E-state index is 0.0165. The Morgan fingerprint density at radius 2 is 1.97 bits per heavy atom. The fourth-order valence-electron chi connectivity index (χ4n) is 4.47. The van der Waals surface area contributed by atoms with Gasteiger partial charge in [0.15, 0.2) is 5.16 Å². The van der Waals surface area contributed by atoms with E-state index in [1.807, 2.05) is 33.7 Å². The molecule has 0 spiro atoms. The van der Waals surface area contributed by atoms with Crippen molar-refractivity contribution in [2.75, 3.05) is 32.1 Å². The fraction of sp³-hybridized carbons (Fsp3) is 0.591. The van der Waals surface area contributed by atoms with E-state index in [1.165, 1.54) is 18.2 Å². The summed E-state index contributed by atoms with van der Waals surface area (Å²) >= 11 is 1.39. The first-order valence-corrected chi connectivity index (χ1v) is 11.5. The quantitative estimate of drug-likeness (QED) is 0.566. The highest BCUT2D eigenvalue weighted by molar-refractivity contribution is 7.99. The number of aromatic nitrogens is 2. The Hall–Kier alpha value is -1.86. The third-order valence-corrected chi connectivity index (χ3v) is 7.40. The Kier molecular flexibility index (Phi) is 6.25.